The van der Waals surface area contributed by atoms with E-state index in [4.69, 9.17) is 23.2 Å². The van der Waals surface area contributed by atoms with Crippen LogP contribution in [0.4, 0.5) is 5.95 Å². The lowest BCUT2D eigenvalue weighted by molar-refractivity contribution is -0.133. The summed E-state index contributed by atoms with van der Waals surface area (Å²) in [6, 6.07) is 3.35. The van der Waals surface area contributed by atoms with Gasteiger partial charge in [-0.15, -0.1) is 5.10 Å². The normalized spacial score (nSPS) is 18.2. The fourth-order valence-corrected chi connectivity index (χ4v) is 3.82. The topological polar surface area (TPSA) is 77.7 Å². The van der Waals surface area contributed by atoms with Gasteiger partial charge in [-0.1, -0.05) is 29.8 Å². The first-order chi connectivity index (χ1) is 13.5. The van der Waals surface area contributed by atoms with E-state index >= 15 is 0 Å². The number of carbonyl (C=O) groups is 1. The highest BCUT2D eigenvalue weighted by atomic mass is 35.5. The number of anilines is 1. The molecule has 0 spiro atoms. The second-order valence-corrected chi connectivity index (χ2v) is 7.68. The van der Waals surface area contributed by atoms with Crippen LogP contribution in [0.2, 0.25) is 10.0 Å². The van der Waals surface area contributed by atoms with Crippen molar-refractivity contribution in [1.29, 1.82) is 0 Å². The summed E-state index contributed by atoms with van der Waals surface area (Å²) in [6.07, 6.45) is 2.91. The average Bonchev–Trinajstić information content (AvgIpc) is 3.13. The van der Waals surface area contributed by atoms with E-state index in [9.17, 15) is 9.90 Å². The van der Waals surface area contributed by atoms with Crippen LogP contribution in [0.15, 0.2) is 31.1 Å². The number of phenolic OH excluding ortho intramolecular Hbond substituents is 1. The van der Waals surface area contributed by atoms with E-state index in [0.717, 1.165) is 39.3 Å². The molecule has 2 saturated heterocycles. The predicted octanol–water partition coefficient (Wildman–Crippen LogP) is 1.80. The van der Waals surface area contributed by atoms with Crippen LogP contribution in [0.25, 0.3) is 5.69 Å². The van der Waals surface area contributed by atoms with Gasteiger partial charge in [0.15, 0.2) is 0 Å². The number of likely N-dealkylation sites (tertiary alicyclic amines) is 1. The molecule has 0 unspecified atom stereocenters. The summed E-state index contributed by atoms with van der Waals surface area (Å²) in [5.74, 6) is 0.580. The molecule has 1 aromatic carbocycles. The molecule has 3 heterocycles. The third-order valence-electron chi connectivity index (χ3n) is 5.21. The summed E-state index contributed by atoms with van der Waals surface area (Å²) in [6.45, 7) is 8.40. The van der Waals surface area contributed by atoms with Gasteiger partial charge in [-0.05, 0) is 12.1 Å². The molecule has 148 valence electrons. The number of hydrogen-bond donors (Lipinski definition) is 1. The number of amides is 1. The van der Waals surface area contributed by atoms with E-state index in [1.165, 1.54) is 16.8 Å². The van der Waals surface area contributed by atoms with Crippen LogP contribution in [0.3, 0.4) is 0 Å². The number of halogens is 2. The maximum absolute atomic E-state index is 11.6. The van der Waals surface area contributed by atoms with Gasteiger partial charge in [-0.25, -0.2) is 4.68 Å². The number of benzene rings is 1. The first-order valence-electron chi connectivity index (χ1n) is 8.96. The van der Waals surface area contributed by atoms with Gasteiger partial charge in [-0.2, -0.15) is 4.98 Å². The van der Waals surface area contributed by atoms with Crippen molar-refractivity contribution in [1.82, 2.24) is 24.6 Å². The maximum Gasteiger partial charge on any atom is 0.246 e. The van der Waals surface area contributed by atoms with E-state index in [-0.39, 0.29) is 16.7 Å². The molecule has 1 aromatic heterocycles. The highest BCUT2D eigenvalue weighted by molar-refractivity contribution is 6.42. The molecule has 1 N–H and O–H groups in total. The van der Waals surface area contributed by atoms with Gasteiger partial charge in [-0.3, -0.25) is 9.69 Å². The van der Waals surface area contributed by atoms with Crippen molar-refractivity contribution >= 4 is 35.1 Å². The van der Waals surface area contributed by atoms with Crippen molar-refractivity contribution in [2.75, 3.05) is 44.2 Å². The molecule has 2 aromatic rings. The Kier molecular flexibility index (Phi) is 5.18. The quantitative estimate of drug-likeness (QED) is 0.756. The van der Waals surface area contributed by atoms with Crippen molar-refractivity contribution in [3.63, 3.8) is 0 Å². The summed E-state index contributed by atoms with van der Waals surface area (Å²) in [4.78, 5) is 22.2. The van der Waals surface area contributed by atoms with E-state index in [0.29, 0.717) is 22.7 Å². The van der Waals surface area contributed by atoms with E-state index in [2.05, 4.69) is 26.5 Å². The number of hydrogen-bond acceptors (Lipinski definition) is 6. The Morgan fingerprint density at radius 1 is 1.18 bits per heavy atom. The van der Waals surface area contributed by atoms with Crippen LogP contribution in [0, 0.1) is 0 Å². The van der Waals surface area contributed by atoms with Gasteiger partial charge in [0.05, 0.1) is 10.0 Å². The van der Waals surface area contributed by atoms with Crippen molar-refractivity contribution in [2.24, 2.45) is 0 Å². The molecule has 0 radical (unpaired) electrons. The summed E-state index contributed by atoms with van der Waals surface area (Å²) in [5, 5.41) is 15.2. The maximum atomic E-state index is 11.6. The zero-order valence-electron chi connectivity index (χ0n) is 15.1. The number of aromatic nitrogens is 3. The molecule has 10 heteroatoms. The molecule has 4 rings (SSSR count). The minimum absolute atomic E-state index is 0.00446. The summed E-state index contributed by atoms with van der Waals surface area (Å²) >= 11 is 12.0. The number of nitrogens with zero attached hydrogens (tertiary/aromatic N) is 6. The van der Waals surface area contributed by atoms with Crippen LogP contribution in [0.1, 0.15) is 0 Å². The van der Waals surface area contributed by atoms with Crippen molar-refractivity contribution < 1.29 is 9.90 Å². The van der Waals surface area contributed by atoms with Gasteiger partial charge < -0.3 is 14.9 Å². The van der Waals surface area contributed by atoms with E-state index in [1.54, 1.807) is 17.3 Å². The van der Waals surface area contributed by atoms with Gasteiger partial charge >= 0.3 is 0 Å². The van der Waals surface area contributed by atoms with E-state index in [1.807, 2.05) is 0 Å². The third kappa shape index (κ3) is 3.55. The lowest BCUT2D eigenvalue weighted by atomic mass is 10.1. The van der Waals surface area contributed by atoms with Crippen LogP contribution in [-0.4, -0.2) is 80.9 Å². The summed E-state index contributed by atoms with van der Waals surface area (Å²) < 4.78 is 1.49. The van der Waals surface area contributed by atoms with Crippen molar-refractivity contribution in [2.45, 2.75) is 6.04 Å². The van der Waals surface area contributed by atoms with Crippen LogP contribution in [-0.2, 0) is 4.79 Å². The highest BCUT2D eigenvalue weighted by Crippen LogP contribution is 2.32. The summed E-state index contributed by atoms with van der Waals surface area (Å²) in [5.41, 5.74) is 0.424. The Bertz CT molecular complexity index is 903. The molecule has 2 aliphatic heterocycles. The van der Waals surface area contributed by atoms with Crippen molar-refractivity contribution in [3.8, 4) is 11.4 Å². The SMILES string of the molecule is C=CC(=O)N1CC(N2CCN(c3ncn(-c4cc(Cl)c(Cl)cc4O)n3)CC2)C1. The highest BCUT2D eigenvalue weighted by Gasteiger charge is 2.35. The monoisotopic (exact) mass is 422 g/mol. The number of aromatic hydroxyl groups is 1. The molecule has 0 atom stereocenters. The molecule has 8 nitrogen and oxygen atoms in total. The Balaban J connectivity index is 1.37. The summed E-state index contributed by atoms with van der Waals surface area (Å²) in [7, 11) is 0. The molecule has 0 saturated carbocycles. The average molecular weight is 423 g/mol. The molecule has 28 heavy (non-hydrogen) atoms. The van der Waals surface area contributed by atoms with E-state index < -0.39 is 0 Å². The fraction of sp³-hybridized carbons (Fsp3) is 0.389. The first kappa shape index (κ1) is 19.0. The molecule has 2 aliphatic rings. The number of phenols is 1. The first-order valence-corrected chi connectivity index (χ1v) is 9.72. The Labute approximate surface area is 172 Å². The fourth-order valence-electron chi connectivity index (χ4n) is 3.51. The second-order valence-electron chi connectivity index (χ2n) is 6.87. The molecule has 0 aliphatic carbocycles. The van der Waals surface area contributed by atoms with Gasteiger partial charge in [0.25, 0.3) is 0 Å². The smallest absolute Gasteiger partial charge is 0.246 e. The minimum atomic E-state index is -0.0146. The van der Waals surface area contributed by atoms with Crippen LogP contribution in [0.5, 0.6) is 5.75 Å². The molecular formula is C18H20Cl2N6O2. The Hall–Kier alpha value is -2.29. The molecule has 2 fully saturated rings. The number of carbonyl (C=O) groups excluding carboxylic acids is 1. The molecule has 0 bridgehead atoms. The van der Waals surface area contributed by atoms with Gasteiger partial charge in [0.1, 0.15) is 17.8 Å². The van der Waals surface area contributed by atoms with Crippen LogP contribution >= 0.6 is 23.2 Å². The largest absolute Gasteiger partial charge is 0.506 e. The zero-order valence-corrected chi connectivity index (χ0v) is 16.6. The minimum Gasteiger partial charge on any atom is -0.506 e. The number of rotatable bonds is 4. The lowest BCUT2D eigenvalue weighted by Gasteiger charge is -2.47. The Morgan fingerprint density at radius 2 is 1.86 bits per heavy atom. The molecular weight excluding hydrogens is 403 g/mol. The van der Waals surface area contributed by atoms with Gasteiger partial charge in [0.2, 0.25) is 11.9 Å². The second kappa shape index (κ2) is 7.62. The molecule has 1 amide bonds. The number of piperazine rings is 1. The standard InChI is InChI=1S/C18H20Cl2N6O2/c1-2-17(28)25-9-12(10-25)23-3-5-24(6-4-23)18-21-11-26(22-18)15-7-13(19)14(20)8-16(15)27/h2,7-8,11-12,27H,1,3-6,9-10H2. The lowest BCUT2D eigenvalue weighted by Crippen LogP contribution is -2.64. The predicted molar refractivity (Wildman–Crippen MR) is 107 cm³/mol. The van der Waals surface area contributed by atoms with Crippen molar-refractivity contribution in [3.05, 3.63) is 41.2 Å². The third-order valence-corrected chi connectivity index (χ3v) is 5.93. The Morgan fingerprint density at radius 3 is 2.54 bits per heavy atom. The zero-order chi connectivity index (χ0) is 19.8. The van der Waals surface area contributed by atoms with Crippen LogP contribution < -0.4 is 4.90 Å². The van der Waals surface area contributed by atoms with Gasteiger partial charge in [0, 0.05) is 51.4 Å².